The minimum Gasteiger partial charge on any atom is -0.493 e. The first-order valence-corrected chi connectivity index (χ1v) is 16.3. The van der Waals surface area contributed by atoms with Gasteiger partial charge in [-0.25, -0.2) is 4.79 Å². The molecule has 45 heavy (non-hydrogen) atoms. The van der Waals surface area contributed by atoms with Crippen LogP contribution in [0.3, 0.4) is 0 Å². The van der Waals surface area contributed by atoms with Crippen LogP contribution in [0.15, 0.2) is 29.1 Å². The number of nitrogens with one attached hydrogen (secondary N) is 3. The van der Waals surface area contributed by atoms with Gasteiger partial charge in [-0.2, -0.15) is 11.8 Å². The van der Waals surface area contributed by atoms with Gasteiger partial charge in [-0.05, 0) is 78.5 Å². The number of carbonyl (C=O) groups is 3. The smallest absolute Gasteiger partial charge is 0.328 e. The van der Waals surface area contributed by atoms with Gasteiger partial charge < -0.3 is 34.9 Å². The average molecular weight is 644 g/mol. The summed E-state index contributed by atoms with van der Waals surface area (Å²) in [6.07, 6.45) is 3.83. The summed E-state index contributed by atoms with van der Waals surface area (Å²) < 4.78 is 22.0. The molecule has 0 heterocycles. The van der Waals surface area contributed by atoms with Crippen LogP contribution >= 0.6 is 11.8 Å². The molecular weight excluding hydrogens is 598 g/mol. The monoisotopic (exact) mass is 643 g/mol. The number of fused-ring (bicyclic) bond motifs is 3. The average Bonchev–Trinajstić information content (AvgIpc) is 3.25. The second-order valence-electron chi connectivity index (χ2n) is 11.3. The van der Waals surface area contributed by atoms with E-state index in [9.17, 15) is 19.2 Å². The Morgan fingerprint density at radius 1 is 1.00 bits per heavy atom. The molecule has 0 aromatic heterocycles. The summed E-state index contributed by atoms with van der Waals surface area (Å²) in [7, 11) is 5.91. The van der Waals surface area contributed by atoms with Gasteiger partial charge in [0.1, 0.15) is 12.1 Å². The zero-order valence-corrected chi connectivity index (χ0v) is 28.1. The van der Waals surface area contributed by atoms with Crippen LogP contribution in [-0.2, 0) is 25.5 Å². The Kier molecular flexibility index (Phi) is 13.0. The Hall–Kier alpha value is -3.93. The minimum atomic E-state index is -0.810. The lowest BCUT2D eigenvalue weighted by molar-refractivity contribution is -0.145. The van der Waals surface area contributed by atoms with Gasteiger partial charge >= 0.3 is 5.97 Å². The van der Waals surface area contributed by atoms with Gasteiger partial charge in [0, 0.05) is 12.5 Å². The molecule has 0 aliphatic heterocycles. The normalized spacial score (nSPS) is 15.0. The van der Waals surface area contributed by atoms with Crippen molar-refractivity contribution in [2.45, 2.75) is 64.6 Å². The van der Waals surface area contributed by atoms with Crippen LogP contribution < -0.4 is 35.6 Å². The third-order valence-corrected chi connectivity index (χ3v) is 8.33. The number of methoxy groups -OCH3 is 4. The van der Waals surface area contributed by atoms with E-state index >= 15 is 0 Å². The van der Waals surface area contributed by atoms with Crippen LogP contribution in [0.4, 0.5) is 5.69 Å². The molecule has 3 atom stereocenters. The number of anilines is 1. The molecule has 0 fully saturated rings. The molecule has 12 heteroatoms. The fraction of sp³-hybridized carbons (Fsp3) is 0.515. The van der Waals surface area contributed by atoms with Crippen molar-refractivity contribution in [3.05, 3.63) is 45.6 Å². The first-order chi connectivity index (χ1) is 21.5. The highest BCUT2D eigenvalue weighted by molar-refractivity contribution is 7.98. The first kappa shape index (κ1) is 35.5. The standard InChI is InChI=1S/C33H45N3O8S/c1-18(2)15-26(32(39)36-25(13-14-45-8)33(40)44-7)35-24-12-10-21-22(17-27(24)38)23(34-19(3)37)11-9-20-16-28(41-4)30(42-5)31(43-6)29(20)21/h10,12,16-18,23,25-26H,9,11,13-15H2,1-8H3,(H,34,37)(H,35,38)(H,36,39)/t23-,25-,26-/m0/s1. The quantitative estimate of drug-likeness (QED) is 0.258. The largest absolute Gasteiger partial charge is 0.493 e. The lowest BCUT2D eigenvalue weighted by atomic mass is 9.95. The fourth-order valence-corrected chi connectivity index (χ4v) is 6.09. The number of hydrogen-bond donors (Lipinski definition) is 3. The van der Waals surface area contributed by atoms with E-state index in [2.05, 4.69) is 16.0 Å². The zero-order chi connectivity index (χ0) is 33.3. The molecule has 2 aromatic carbocycles. The van der Waals surface area contributed by atoms with Crippen LogP contribution in [0.2, 0.25) is 0 Å². The van der Waals surface area contributed by atoms with Crippen molar-refractivity contribution in [3.8, 4) is 28.4 Å². The van der Waals surface area contributed by atoms with E-state index < -0.39 is 30.0 Å². The van der Waals surface area contributed by atoms with Gasteiger partial charge in [0.15, 0.2) is 11.5 Å². The number of aryl methyl sites for hydroxylation is 1. The Bertz CT molecular complexity index is 1450. The van der Waals surface area contributed by atoms with Crippen LogP contribution in [0.25, 0.3) is 11.1 Å². The highest BCUT2D eigenvalue weighted by atomic mass is 32.2. The van der Waals surface area contributed by atoms with Crippen molar-refractivity contribution >= 4 is 35.2 Å². The molecule has 2 amide bonds. The summed E-state index contributed by atoms with van der Waals surface area (Å²) in [6, 6.07) is 4.75. The lowest BCUT2D eigenvalue weighted by Crippen LogP contribution is -2.49. The van der Waals surface area contributed by atoms with E-state index in [-0.39, 0.29) is 22.9 Å². The third kappa shape index (κ3) is 8.62. The number of benzene rings is 1. The van der Waals surface area contributed by atoms with Gasteiger partial charge in [0.2, 0.25) is 23.0 Å². The summed E-state index contributed by atoms with van der Waals surface area (Å²) >= 11 is 1.56. The molecule has 0 saturated carbocycles. The third-order valence-electron chi connectivity index (χ3n) is 7.68. The number of rotatable bonds is 14. The summed E-state index contributed by atoms with van der Waals surface area (Å²) in [5.74, 6) is 0.951. The second-order valence-corrected chi connectivity index (χ2v) is 12.3. The van der Waals surface area contributed by atoms with Crippen molar-refractivity contribution < 1.29 is 33.3 Å². The van der Waals surface area contributed by atoms with Crippen molar-refractivity contribution in [3.63, 3.8) is 0 Å². The number of carbonyl (C=O) groups excluding carboxylic acids is 3. The van der Waals surface area contributed by atoms with E-state index in [0.29, 0.717) is 59.8 Å². The molecule has 1 aliphatic carbocycles. The maximum Gasteiger partial charge on any atom is 0.328 e. The van der Waals surface area contributed by atoms with E-state index in [4.69, 9.17) is 18.9 Å². The maximum absolute atomic E-state index is 13.8. The fourth-order valence-electron chi connectivity index (χ4n) is 5.62. The maximum atomic E-state index is 13.8. The molecule has 2 aromatic rings. The molecule has 3 N–H and O–H groups in total. The Labute approximate surface area is 269 Å². The molecule has 0 saturated heterocycles. The summed E-state index contributed by atoms with van der Waals surface area (Å²) in [6.45, 7) is 5.39. The molecule has 0 unspecified atom stereocenters. The summed E-state index contributed by atoms with van der Waals surface area (Å²) in [5, 5.41) is 8.97. The van der Waals surface area contributed by atoms with Crippen molar-refractivity contribution in [2.75, 3.05) is 45.8 Å². The zero-order valence-electron chi connectivity index (χ0n) is 27.3. The topological polar surface area (TPSA) is 141 Å². The molecule has 1 aliphatic rings. The minimum absolute atomic E-state index is 0.100. The lowest BCUT2D eigenvalue weighted by Gasteiger charge is -2.23. The Morgan fingerprint density at radius 2 is 1.71 bits per heavy atom. The number of thioether (sulfide) groups is 1. The SMILES string of the molecule is COC(=O)[C@H](CCSC)NC(=O)[C@H](CC(C)C)Nc1ccc2c(cc1=O)[C@@H](NC(C)=O)CCc1cc(OC)c(OC)c(OC)c1-2. The van der Waals surface area contributed by atoms with Gasteiger partial charge in [0.25, 0.3) is 0 Å². The van der Waals surface area contributed by atoms with Crippen LogP contribution in [0.5, 0.6) is 17.2 Å². The van der Waals surface area contributed by atoms with E-state index in [1.54, 1.807) is 31.0 Å². The van der Waals surface area contributed by atoms with Crippen molar-refractivity contribution in [1.29, 1.82) is 0 Å². The van der Waals surface area contributed by atoms with Gasteiger partial charge in [-0.15, -0.1) is 0 Å². The van der Waals surface area contributed by atoms with Crippen LogP contribution in [0, 0.1) is 5.92 Å². The van der Waals surface area contributed by atoms with Crippen LogP contribution in [0.1, 0.15) is 57.2 Å². The van der Waals surface area contributed by atoms with Crippen LogP contribution in [-0.4, -0.2) is 70.3 Å². The Morgan fingerprint density at radius 3 is 2.29 bits per heavy atom. The second kappa shape index (κ2) is 16.4. The number of hydrogen-bond acceptors (Lipinski definition) is 10. The van der Waals surface area contributed by atoms with Gasteiger partial charge in [-0.1, -0.05) is 19.9 Å². The highest BCUT2D eigenvalue weighted by Gasteiger charge is 2.31. The van der Waals surface area contributed by atoms with Crippen molar-refractivity contribution in [1.82, 2.24) is 10.6 Å². The number of esters is 1. The van der Waals surface area contributed by atoms with Gasteiger partial charge in [-0.3, -0.25) is 14.4 Å². The van der Waals surface area contributed by atoms with E-state index in [1.807, 2.05) is 26.2 Å². The summed E-state index contributed by atoms with van der Waals surface area (Å²) in [4.78, 5) is 52.0. The molecule has 11 nitrogen and oxygen atoms in total. The molecule has 0 radical (unpaired) electrons. The number of ether oxygens (including phenoxy) is 4. The molecule has 3 rings (SSSR count). The molecule has 0 spiro atoms. The van der Waals surface area contributed by atoms with Gasteiger partial charge in [0.05, 0.1) is 40.2 Å². The van der Waals surface area contributed by atoms with E-state index in [1.165, 1.54) is 34.3 Å². The molecule has 246 valence electrons. The predicted molar refractivity (Wildman–Crippen MR) is 176 cm³/mol. The first-order valence-electron chi connectivity index (χ1n) is 14.9. The Balaban J connectivity index is 2.17. The predicted octanol–water partition coefficient (Wildman–Crippen LogP) is 4.10. The molecule has 0 bridgehead atoms. The summed E-state index contributed by atoms with van der Waals surface area (Å²) in [5.41, 5.74) is 2.76. The number of amides is 2. The highest BCUT2D eigenvalue weighted by Crippen LogP contribution is 2.50. The van der Waals surface area contributed by atoms with Crippen molar-refractivity contribution in [2.24, 2.45) is 5.92 Å². The van der Waals surface area contributed by atoms with E-state index in [0.717, 1.165) is 11.1 Å². The molecular formula is C33H45N3O8S.